The molecule has 2 aromatic carbocycles. The fraction of sp³-hybridized carbons (Fsp3) is 0.222. The minimum atomic E-state index is -3.59. The molecule has 144 valence electrons. The number of carbonyl (C=O) groups excluding carboxylic acids is 2. The van der Waals surface area contributed by atoms with Gasteiger partial charge in [0.1, 0.15) is 0 Å². The van der Waals surface area contributed by atoms with E-state index in [9.17, 15) is 18.0 Å². The van der Waals surface area contributed by atoms with Gasteiger partial charge in [-0.05, 0) is 42.9 Å². The number of amides is 1. The second-order valence-corrected chi connectivity index (χ2v) is 7.85. The van der Waals surface area contributed by atoms with Gasteiger partial charge in [0.2, 0.25) is 10.0 Å². The molecule has 0 aromatic heterocycles. The normalized spacial score (nSPS) is 12.3. The van der Waals surface area contributed by atoms with Crippen molar-refractivity contribution in [1.29, 1.82) is 0 Å². The first-order chi connectivity index (χ1) is 12.8. The number of rotatable bonds is 7. The highest BCUT2D eigenvalue weighted by Crippen LogP contribution is 2.26. The number of esters is 1. The van der Waals surface area contributed by atoms with Crippen LogP contribution >= 0.6 is 11.6 Å². The van der Waals surface area contributed by atoms with E-state index in [-0.39, 0.29) is 16.9 Å². The van der Waals surface area contributed by atoms with Crippen LogP contribution in [0.2, 0.25) is 5.02 Å². The Morgan fingerprint density at radius 3 is 2.30 bits per heavy atom. The number of benzene rings is 2. The second-order valence-electron chi connectivity index (χ2n) is 5.56. The van der Waals surface area contributed by atoms with Crippen LogP contribution in [0, 0.1) is 0 Å². The van der Waals surface area contributed by atoms with Gasteiger partial charge < -0.3 is 10.1 Å². The molecule has 0 fully saturated rings. The first-order valence-corrected chi connectivity index (χ1v) is 9.80. The van der Waals surface area contributed by atoms with Gasteiger partial charge in [-0.15, -0.1) is 0 Å². The van der Waals surface area contributed by atoms with E-state index in [1.54, 1.807) is 24.3 Å². The van der Waals surface area contributed by atoms with Crippen LogP contribution in [-0.2, 0) is 19.6 Å². The number of sulfonamides is 1. The average molecular weight is 411 g/mol. The molecule has 0 saturated carbocycles. The Balaban J connectivity index is 2.25. The van der Waals surface area contributed by atoms with Crippen LogP contribution in [0.1, 0.15) is 28.4 Å². The molecule has 0 aliphatic rings. The number of carbonyl (C=O) groups is 2. The Hall–Kier alpha value is -2.42. The molecule has 0 heterocycles. The van der Waals surface area contributed by atoms with Crippen LogP contribution in [-0.4, -0.2) is 34.5 Å². The van der Waals surface area contributed by atoms with Crippen molar-refractivity contribution in [2.24, 2.45) is 0 Å². The van der Waals surface area contributed by atoms with Gasteiger partial charge in [-0.25, -0.2) is 13.1 Å². The Morgan fingerprint density at radius 1 is 1.11 bits per heavy atom. The predicted octanol–water partition coefficient (Wildman–Crippen LogP) is 2.28. The van der Waals surface area contributed by atoms with Crippen LogP contribution in [0.25, 0.3) is 0 Å². The lowest BCUT2D eigenvalue weighted by Gasteiger charge is -2.19. The van der Waals surface area contributed by atoms with E-state index < -0.39 is 27.9 Å². The summed E-state index contributed by atoms with van der Waals surface area (Å²) in [5.74, 6) is -0.979. The van der Waals surface area contributed by atoms with Crippen molar-refractivity contribution >= 4 is 33.5 Å². The molecule has 0 spiro atoms. The minimum Gasteiger partial charge on any atom is -0.469 e. The molecule has 9 heteroatoms. The average Bonchev–Trinajstić information content (AvgIpc) is 2.67. The summed E-state index contributed by atoms with van der Waals surface area (Å²) < 4.78 is 30.4. The van der Waals surface area contributed by atoms with E-state index in [2.05, 4.69) is 14.8 Å². The molecular formula is C18H19ClN2O5S. The molecule has 1 unspecified atom stereocenters. The molecule has 2 aromatic rings. The third-order valence-electron chi connectivity index (χ3n) is 3.88. The Bertz CT molecular complexity index is 929. The SMILES string of the molecule is CNS(=O)(=O)c1ccc(C(=O)NC(CC(=O)OC)c2ccccc2Cl)cc1. The molecule has 2 N–H and O–H groups in total. The van der Waals surface area contributed by atoms with Gasteiger partial charge in [0.15, 0.2) is 0 Å². The summed E-state index contributed by atoms with van der Waals surface area (Å²) in [5, 5.41) is 3.14. The van der Waals surface area contributed by atoms with E-state index >= 15 is 0 Å². The van der Waals surface area contributed by atoms with Crippen molar-refractivity contribution in [2.45, 2.75) is 17.4 Å². The molecule has 0 radical (unpaired) electrons. The summed E-state index contributed by atoms with van der Waals surface area (Å²) in [7, 11) is -1.03. The number of methoxy groups -OCH3 is 1. The van der Waals surface area contributed by atoms with Crippen molar-refractivity contribution in [3.8, 4) is 0 Å². The van der Waals surface area contributed by atoms with Gasteiger partial charge >= 0.3 is 5.97 Å². The number of hydrogen-bond acceptors (Lipinski definition) is 5. The largest absolute Gasteiger partial charge is 0.469 e. The van der Waals surface area contributed by atoms with Gasteiger partial charge in [-0.3, -0.25) is 9.59 Å². The molecule has 0 saturated heterocycles. The van der Waals surface area contributed by atoms with Gasteiger partial charge in [0.05, 0.1) is 24.5 Å². The standard InChI is InChI=1S/C18H19ClN2O5S/c1-20-27(24,25)13-9-7-12(8-10-13)18(23)21-16(11-17(22)26-2)14-5-3-4-6-15(14)19/h3-10,16,20H,11H2,1-2H3,(H,21,23). The second kappa shape index (κ2) is 8.98. The van der Waals surface area contributed by atoms with E-state index in [1.807, 2.05) is 0 Å². The van der Waals surface area contributed by atoms with Crippen molar-refractivity contribution in [2.75, 3.05) is 14.2 Å². The highest BCUT2D eigenvalue weighted by Gasteiger charge is 2.22. The fourth-order valence-electron chi connectivity index (χ4n) is 2.39. The van der Waals surface area contributed by atoms with Crippen molar-refractivity contribution in [1.82, 2.24) is 10.0 Å². The smallest absolute Gasteiger partial charge is 0.307 e. The molecule has 1 amide bonds. The zero-order valence-electron chi connectivity index (χ0n) is 14.7. The topological polar surface area (TPSA) is 102 Å². The van der Waals surface area contributed by atoms with Gasteiger partial charge in [-0.1, -0.05) is 29.8 Å². The maximum Gasteiger partial charge on any atom is 0.307 e. The van der Waals surface area contributed by atoms with E-state index in [1.165, 1.54) is 38.4 Å². The van der Waals surface area contributed by atoms with Gasteiger partial charge in [-0.2, -0.15) is 0 Å². The highest BCUT2D eigenvalue weighted by atomic mass is 35.5. The van der Waals surface area contributed by atoms with Crippen LogP contribution in [0.3, 0.4) is 0 Å². The monoisotopic (exact) mass is 410 g/mol. The van der Waals surface area contributed by atoms with Crippen LogP contribution < -0.4 is 10.0 Å². The lowest BCUT2D eigenvalue weighted by atomic mass is 10.0. The zero-order valence-corrected chi connectivity index (χ0v) is 16.3. The molecule has 7 nitrogen and oxygen atoms in total. The molecule has 0 bridgehead atoms. The lowest BCUT2D eigenvalue weighted by molar-refractivity contribution is -0.141. The third-order valence-corrected chi connectivity index (χ3v) is 5.65. The Morgan fingerprint density at radius 2 is 1.74 bits per heavy atom. The number of halogens is 1. The van der Waals surface area contributed by atoms with Gasteiger partial charge in [0.25, 0.3) is 5.91 Å². The first kappa shape index (κ1) is 20.9. The van der Waals surface area contributed by atoms with E-state index in [0.29, 0.717) is 10.6 Å². The van der Waals surface area contributed by atoms with Crippen LogP contribution in [0.4, 0.5) is 0 Å². The minimum absolute atomic E-state index is 0.0405. The third kappa shape index (κ3) is 5.29. The van der Waals surface area contributed by atoms with E-state index in [4.69, 9.17) is 11.6 Å². The van der Waals surface area contributed by atoms with Crippen molar-refractivity contribution in [3.63, 3.8) is 0 Å². The lowest BCUT2D eigenvalue weighted by Crippen LogP contribution is -2.30. The van der Waals surface area contributed by atoms with E-state index in [0.717, 1.165) is 0 Å². The molecule has 0 aliphatic heterocycles. The quantitative estimate of drug-likeness (QED) is 0.682. The summed E-state index contributed by atoms with van der Waals surface area (Å²) in [5.41, 5.74) is 0.819. The molecule has 1 atom stereocenters. The molecule has 2 rings (SSSR count). The van der Waals surface area contributed by atoms with Crippen molar-refractivity contribution in [3.05, 3.63) is 64.7 Å². The number of ether oxygens (including phenoxy) is 1. The summed E-state index contributed by atoms with van der Waals surface area (Å²) in [6.45, 7) is 0. The maximum absolute atomic E-state index is 12.6. The number of hydrogen-bond donors (Lipinski definition) is 2. The summed E-state index contributed by atoms with van der Waals surface area (Å²) in [6, 6.07) is 11.6. The Kier molecular flexibility index (Phi) is 6.95. The summed E-state index contributed by atoms with van der Waals surface area (Å²) in [4.78, 5) is 24.3. The van der Waals surface area contributed by atoms with Gasteiger partial charge in [0, 0.05) is 10.6 Å². The summed E-state index contributed by atoms with van der Waals surface area (Å²) >= 11 is 6.18. The molecular weight excluding hydrogens is 392 g/mol. The number of nitrogens with one attached hydrogen (secondary N) is 2. The van der Waals surface area contributed by atoms with Crippen LogP contribution in [0.15, 0.2) is 53.4 Å². The predicted molar refractivity (Wildman–Crippen MR) is 101 cm³/mol. The fourth-order valence-corrected chi connectivity index (χ4v) is 3.39. The Labute approximate surface area is 162 Å². The van der Waals surface area contributed by atoms with Crippen molar-refractivity contribution < 1.29 is 22.7 Å². The zero-order chi connectivity index (χ0) is 20.0. The molecule has 0 aliphatic carbocycles. The first-order valence-electron chi connectivity index (χ1n) is 7.94. The van der Waals surface area contributed by atoms with Crippen LogP contribution in [0.5, 0.6) is 0 Å². The highest BCUT2D eigenvalue weighted by molar-refractivity contribution is 7.89. The summed E-state index contributed by atoms with van der Waals surface area (Å²) in [6.07, 6.45) is -0.0990. The maximum atomic E-state index is 12.6. The molecule has 27 heavy (non-hydrogen) atoms.